The number of anilines is 1. The van der Waals surface area contributed by atoms with Crippen LogP contribution in [0.15, 0.2) is 58.2 Å². The number of hydrogen-bond donors (Lipinski definition) is 2. The van der Waals surface area contributed by atoms with Gasteiger partial charge in [-0.05, 0) is 31.2 Å². The molecule has 8 nitrogen and oxygen atoms in total. The van der Waals surface area contributed by atoms with Crippen LogP contribution in [-0.2, 0) is 17.6 Å². The molecule has 0 radical (unpaired) electrons. The van der Waals surface area contributed by atoms with Crippen LogP contribution in [0.5, 0.6) is 0 Å². The topological polar surface area (TPSA) is 114 Å². The lowest BCUT2D eigenvalue weighted by molar-refractivity contribution is -0.113. The maximum Gasteiger partial charge on any atom is 0.277 e. The van der Waals surface area contributed by atoms with Gasteiger partial charge in [-0.15, -0.1) is 10.2 Å². The first kappa shape index (κ1) is 19.8. The molecule has 0 bridgehead atoms. The van der Waals surface area contributed by atoms with Gasteiger partial charge in [-0.2, -0.15) is 0 Å². The Kier molecular flexibility index (Phi) is 5.89. The number of ketones is 1. The normalized spacial score (nSPS) is 11.0. The third kappa shape index (κ3) is 4.93. The van der Waals surface area contributed by atoms with Gasteiger partial charge in [0.1, 0.15) is 5.82 Å². The highest BCUT2D eigenvalue weighted by Gasteiger charge is 2.12. The summed E-state index contributed by atoms with van der Waals surface area (Å²) in [5, 5.41) is 11.1. The molecular weight excluding hydrogens is 402 g/mol. The first-order valence-electron chi connectivity index (χ1n) is 9.36. The van der Waals surface area contributed by atoms with E-state index in [1.54, 1.807) is 24.3 Å². The van der Waals surface area contributed by atoms with Crippen molar-refractivity contribution in [2.24, 2.45) is 0 Å². The standard InChI is InChI=1S/C21H19N5O3S/c1-13(27)14-5-4-6-15(11-14)22-19(28)12-30-21-26-25-20(29-21)10-9-18-23-16-7-2-3-8-17(16)24-18/h2-8,11H,9-10,12H2,1H3,(H,22,28)(H,23,24). The number of benzene rings is 2. The minimum absolute atomic E-state index is 0.0542. The van der Waals surface area contributed by atoms with Crippen LogP contribution in [0.1, 0.15) is 29.0 Å². The summed E-state index contributed by atoms with van der Waals surface area (Å²) >= 11 is 1.16. The first-order valence-corrected chi connectivity index (χ1v) is 10.3. The van der Waals surface area contributed by atoms with E-state index in [9.17, 15) is 9.59 Å². The molecule has 0 aliphatic carbocycles. The zero-order valence-electron chi connectivity index (χ0n) is 16.2. The van der Waals surface area contributed by atoms with Crippen molar-refractivity contribution in [3.8, 4) is 0 Å². The second kappa shape index (κ2) is 8.91. The molecule has 152 valence electrons. The lowest BCUT2D eigenvalue weighted by Crippen LogP contribution is -2.14. The molecule has 4 aromatic rings. The highest BCUT2D eigenvalue weighted by Crippen LogP contribution is 2.18. The molecule has 0 saturated carbocycles. The highest BCUT2D eigenvalue weighted by molar-refractivity contribution is 7.99. The van der Waals surface area contributed by atoms with Gasteiger partial charge >= 0.3 is 0 Å². The van der Waals surface area contributed by atoms with Crippen molar-refractivity contribution >= 4 is 40.2 Å². The number of fused-ring (bicyclic) bond motifs is 1. The first-order chi connectivity index (χ1) is 14.6. The van der Waals surface area contributed by atoms with Gasteiger partial charge in [0.2, 0.25) is 11.8 Å². The summed E-state index contributed by atoms with van der Waals surface area (Å²) < 4.78 is 5.61. The van der Waals surface area contributed by atoms with Gasteiger partial charge in [-0.3, -0.25) is 9.59 Å². The summed E-state index contributed by atoms with van der Waals surface area (Å²) in [7, 11) is 0. The van der Waals surface area contributed by atoms with Crippen molar-refractivity contribution in [2.45, 2.75) is 25.0 Å². The number of amides is 1. The number of hydrogen-bond acceptors (Lipinski definition) is 7. The van der Waals surface area contributed by atoms with Crippen LogP contribution < -0.4 is 5.32 Å². The number of aromatic nitrogens is 4. The Morgan fingerprint density at radius 1 is 1.10 bits per heavy atom. The van der Waals surface area contributed by atoms with Gasteiger partial charge in [0.15, 0.2) is 5.78 Å². The zero-order chi connectivity index (χ0) is 20.9. The summed E-state index contributed by atoms with van der Waals surface area (Å²) in [6, 6.07) is 14.7. The summed E-state index contributed by atoms with van der Waals surface area (Å²) in [6.07, 6.45) is 1.20. The van der Waals surface area contributed by atoms with Crippen molar-refractivity contribution in [3.63, 3.8) is 0 Å². The van der Waals surface area contributed by atoms with Crippen LogP contribution in [0.25, 0.3) is 11.0 Å². The number of rotatable bonds is 8. The van der Waals surface area contributed by atoms with Gasteiger partial charge in [-0.1, -0.05) is 36.0 Å². The van der Waals surface area contributed by atoms with Crippen molar-refractivity contribution in [1.29, 1.82) is 0 Å². The zero-order valence-corrected chi connectivity index (χ0v) is 17.0. The molecule has 2 aromatic carbocycles. The number of imidazole rings is 1. The quantitative estimate of drug-likeness (QED) is 0.330. The molecule has 0 spiro atoms. The van der Waals surface area contributed by atoms with Crippen LogP contribution >= 0.6 is 11.8 Å². The fourth-order valence-corrected chi connectivity index (χ4v) is 3.47. The van der Waals surface area contributed by atoms with Gasteiger partial charge in [-0.25, -0.2) is 4.98 Å². The summed E-state index contributed by atoms with van der Waals surface area (Å²) in [5.74, 6) is 1.20. The molecule has 0 aliphatic rings. The molecule has 0 unspecified atom stereocenters. The van der Waals surface area contributed by atoms with Gasteiger partial charge in [0.25, 0.3) is 5.22 Å². The number of thioether (sulfide) groups is 1. The Balaban J connectivity index is 1.27. The highest BCUT2D eigenvalue weighted by atomic mass is 32.2. The molecule has 9 heteroatoms. The molecule has 30 heavy (non-hydrogen) atoms. The van der Waals surface area contributed by atoms with E-state index in [1.807, 2.05) is 24.3 Å². The minimum atomic E-state index is -0.220. The van der Waals surface area contributed by atoms with Gasteiger partial charge in [0, 0.05) is 24.1 Å². The number of nitrogens with zero attached hydrogens (tertiary/aromatic N) is 3. The van der Waals surface area contributed by atoms with E-state index in [-0.39, 0.29) is 17.4 Å². The summed E-state index contributed by atoms with van der Waals surface area (Å²) in [4.78, 5) is 31.4. The number of nitrogens with one attached hydrogen (secondary N) is 2. The van der Waals surface area contributed by atoms with E-state index in [0.717, 1.165) is 28.6 Å². The fraction of sp³-hybridized carbons (Fsp3) is 0.190. The fourth-order valence-electron chi connectivity index (χ4n) is 2.89. The predicted molar refractivity (Wildman–Crippen MR) is 114 cm³/mol. The molecule has 4 rings (SSSR count). The molecule has 0 saturated heterocycles. The van der Waals surface area contributed by atoms with Crippen LogP contribution in [0.2, 0.25) is 0 Å². The summed E-state index contributed by atoms with van der Waals surface area (Å²) in [6.45, 7) is 1.48. The van der Waals surface area contributed by atoms with E-state index < -0.39 is 0 Å². The average Bonchev–Trinajstić information content (AvgIpc) is 3.37. The number of Topliss-reactive ketones (excluding diaryl/α,β-unsaturated/α-hetero) is 1. The van der Waals surface area contributed by atoms with Gasteiger partial charge in [0.05, 0.1) is 16.8 Å². The lowest BCUT2D eigenvalue weighted by Gasteiger charge is -2.05. The van der Waals surface area contributed by atoms with Crippen LogP contribution in [-0.4, -0.2) is 37.6 Å². The third-order valence-corrected chi connectivity index (χ3v) is 5.16. The van der Waals surface area contributed by atoms with Crippen LogP contribution in [0.3, 0.4) is 0 Å². The second-order valence-corrected chi connectivity index (χ2v) is 7.56. The second-order valence-electron chi connectivity index (χ2n) is 6.64. The number of H-pyrrole nitrogens is 1. The van der Waals surface area contributed by atoms with E-state index in [0.29, 0.717) is 35.2 Å². The smallest absolute Gasteiger partial charge is 0.277 e. The Morgan fingerprint density at radius 3 is 2.80 bits per heavy atom. The average molecular weight is 421 g/mol. The van der Waals surface area contributed by atoms with Crippen LogP contribution in [0.4, 0.5) is 5.69 Å². The van der Waals surface area contributed by atoms with E-state index in [2.05, 4.69) is 25.5 Å². The van der Waals surface area contributed by atoms with Crippen LogP contribution in [0, 0.1) is 0 Å². The Morgan fingerprint density at radius 2 is 1.97 bits per heavy atom. The maximum atomic E-state index is 12.2. The molecule has 0 atom stereocenters. The molecule has 2 aromatic heterocycles. The molecule has 2 N–H and O–H groups in total. The molecule has 2 heterocycles. The van der Waals surface area contributed by atoms with Crippen molar-refractivity contribution in [2.75, 3.05) is 11.1 Å². The number of para-hydroxylation sites is 2. The van der Waals surface area contributed by atoms with Crippen molar-refractivity contribution < 1.29 is 14.0 Å². The van der Waals surface area contributed by atoms with E-state index in [4.69, 9.17) is 4.42 Å². The Hall–Kier alpha value is -3.46. The molecule has 0 fully saturated rings. The monoisotopic (exact) mass is 421 g/mol. The maximum absolute atomic E-state index is 12.2. The minimum Gasteiger partial charge on any atom is -0.416 e. The van der Waals surface area contributed by atoms with Crippen molar-refractivity contribution in [3.05, 3.63) is 65.8 Å². The molecule has 0 aliphatic heterocycles. The SMILES string of the molecule is CC(=O)c1cccc(NC(=O)CSc2nnc(CCc3nc4ccccc4[nH]3)o2)c1. The Labute approximate surface area is 176 Å². The number of aryl methyl sites for hydroxylation is 2. The predicted octanol–water partition coefficient (Wildman–Crippen LogP) is 3.66. The largest absolute Gasteiger partial charge is 0.416 e. The Bertz CT molecular complexity index is 1170. The van der Waals surface area contributed by atoms with Gasteiger partial charge < -0.3 is 14.7 Å². The number of carbonyl (C=O) groups is 2. The molecular formula is C21H19N5O3S. The van der Waals surface area contributed by atoms with Crippen molar-refractivity contribution in [1.82, 2.24) is 20.2 Å². The number of carbonyl (C=O) groups excluding carboxylic acids is 2. The third-order valence-electron chi connectivity index (χ3n) is 4.34. The number of aromatic amines is 1. The summed E-state index contributed by atoms with van der Waals surface area (Å²) in [5.41, 5.74) is 3.04. The lowest BCUT2D eigenvalue weighted by atomic mass is 10.1. The van der Waals surface area contributed by atoms with E-state index in [1.165, 1.54) is 6.92 Å². The molecule has 1 amide bonds. The van der Waals surface area contributed by atoms with E-state index >= 15 is 0 Å².